The molecule has 0 radical (unpaired) electrons. The average Bonchev–Trinajstić information content (AvgIpc) is 3.54. The number of hydrogen-bond donors (Lipinski definition) is 3. The third kappa shape index (κ3) is 5.29. The van der Waals surface area contributed by atoms with Crippen LogP contribution in [0.15, 0.2) is 97.8 Å². The molecule has 4 heterocycles. The summed E-state index contributed by atoms with van der Waals surface area (Å²) < 4.78 is 14.6. The Balaban J connectivity index is 1.54. The molecular formula is C32H31FN6. The van der Waals surface area contributed by atoms with E-state index in [9.17, 15) is 4.39 Å². The number of fused-ring (bicyclic) bond motifs is 2. The minimum atomic E-state index is -0.288. The summed E-state index contributed by atoms with van der Waals surface area (Å²) in [6.45, 7) is 14.4. The smallest absolute Gasteiger partial charge is 0.181 e. The number of nitrogens with one attached hydrogen (secondary N) is 3. The maximum atomic E-state index is 14.6. The molecule has 0 aliphatic rings. The second-order valence-corrected chi connectivity index (χ2v) is 9.88. The van der Waals surface area contributed by atoms with Crippen molar-refractivity contribution < 1.29 is 4.39 Å². The van der Waals surface area contributed by atoms with Gasteiger partial charge in [-0.1, -0.05) is 51.3 Å². The van der Waals surface area contributed by atoms with Gasteiger partial charge in [0.05, 0.1) is 23.1 Å². The van der Waals surface area contributed by atoms with Gasteiger partial charge in [-0.25, -0.2) is 9.37 Å². The van der Waals surface area contributed by atoms with Gasteiger partial charge in [0.1, 0.15) is 5.82 Å². The number of aromatic nitrogens is 5. The van der Waals surface area contributed by atoms with E-state index >= 15 is 0 Å². The van der Waals surface area contributed by atoms with Gasteiger partial charge in [0.25, 0.3) is 0 Å². The van der Waals surface area contributed by atoms with Crippen LogP contribution in [0.1, 0.15) is 32.8 Å². The lowest BCUT2D eigenvalue weighted by Crippen LogP contribution is -2.12. The van der Waals surface area contributed by atoms with Crippen molar-refractivity contribution in [1.29, 1.82) is 0 Å². The normalized spacial score (nSPS) is 12.4. The van der Waals surface area contributed by atoms with Crippen LogP contribution in [0.2, 0.25) is 0 Å². The molecule has 0 fully saturated rings. The van der Waals surface area contributed by atoms with E-state index in [1.165, 1.54) is 6.07 Å². The van der Waals surface area contributed by atoms with Gasteiger partial charge in [0.2, 0.25) is 0 Å². The van der Waals surface area contributed by atoms with E-state index in [1.54, 1.807) is 30.6 Å². The minimum Gasteiger partial charge on any atom is -0.359 e. The van der Waals surface area contributed by atoms with E-state index in [-0.39, 0.29) is 5.82 Å². The first-order valence-corrected chi connectivity index (χ1v) is 12.9. The second-order valence-electron chi connectivity index (χ2n) is 9.88. The molecule has 39 heavy (non-hydrogen) atoms. The van der Waals surface area contributed by atoms with Gasteiger partial charge in [0, 0.05) is 51.3 Å². The van der Waals surface area contributed by atoms with E-state index < -0.39 is 0 Å². The Labute approximate surface area is 227 Å². The molecule has 0 amide bonds. The number of halogens is 1. The number of nitrogens with zero attached hydrogens (tertiary/aromatic N) is 3. The van der Waals surface area contributed by atoms with E-state index in [4.69, 9.17) is 0 Å². The van der Waals surface area contributed by atoms with Crippen molar-refractivity contribution in [2.75, 3.05) is 0 Å². The summed E-state index contributed by atoms with van der Waals surface area (Å²) in [5, 5.41) is 12.7. The molecule has 5 aromatic rings. The zero-order chi connectivity index (χ0) is 27.5. The molecular weight excluding hydrogens is 487 g/mol. The molecule has 0 atom stereocenters. The fourth-order valence-corrected chi connectivity index (χ4v) is 4.74. The van der Waals surface area contributed by atoms with Crippen LogP contribution in [0.5, 0.6) is 0 Å². The van der Waals surface area contributed by atoms with Crippen molar-refractivity contribution in [2.24, 2.45) is 5.92 Å². The monoisotopic (exact) mass is 518 g/mol. The third-order valence-electron chi connectivity index (χ3n) is 6.54. The zero-order valence-corrected chi connectivity index (χ0v) is 22.3. The Bertz CT molecular complexity index is 1750. The van der Waals surface area contributed by atoms with E-state index in [0.29, 0.717) is 17.1 Å². The third-order valence-corrected chi connectivity index (χ3v) is 6.54. The molecule has 7 heteroatoms. The zero-order valence-electron chi connectivity index (χ0n) is 22.3. The maximum Gasteiger partial charge on any atom is 0.181 e. The van der Waals surface area contributed by atoms with Crippen molar-refractivity contribution >= 4 is 27.5 Å². The molecule has 6 nitrogen and oxygen atoms in total. The van der Waals surface area contributed by atoms with E-state index in [0.717, 1.165) is 62.2 Å². The first-order chi connectivity index (χ1) is 18.9. The van der Waals surface area contributed by atoms with Crippen molar-refractivity contribution in [3.05, 3.63) is 109 Å². The number of pyridine rings is 2. The molecule has 5 rings (SSSR count). The number of hydrogen-bond acceptors (Lipinski definition) is 4. The van der Waals surface area contributed by atoms with Gasteiger partial charge in [-0.3, -0.25) is 10.1 Å². The molecule has 4 aromatic heterocycles. The quantitative estimate of drug-likeness (QED) is 0.173. The van der Waals surface area contributed by atoms with Crippen LogP contribution in [-0.2, 0) is 0 Å². The lowest BCUT2D eigenvalue weighted by molar-refractivity contribution is 0.622. The number of allylic oxidation sites excluding steroid dienone is 5. The predicted octanol–water partition coefficient (Wildman–Crippen LogP) is 7.93. The van der Waals surface area contributed by atoms with Crippen molar-refractivity contribution in [1.82, 2.24) is 30.5 Å². The summed E-state index contributed by atoms with van der Waals surface area (Å²) in [6, 6.07) is 10.8. The molecule has 0 unspecified atom stereocenters. The molecule has 196 valence electrons. The van der Waals surface area contributed by atoms with Gasteiger partial charge in [0.15, 0.2) is 5.65 Å². The molecule has 0 spiro atoms. The van der Waals surface area contributed by atoms with Crippen molar-refractivity contribution in [3.63, 3.8) is 0 Å². The standard InChI is InChI=1S/C32H31FN6/c1-6-21(13-23(7-2)36-20(5)12-19(3)4)22-14-26-31(38-39-32(26)35-16-22)29-15-25-27(17-34-18-30(25)37-29)24-10-8-9-11-28(24)33/h6-11,13-19,36-37H,2,5,12H2,1,3-4H3,(H,35,38,39)/b21-6+,23-13+. The van der Waals surface area contributed by atoms with E-state index in [2.05, 4.69) is 63.5 Å². The first kappa shape index (κ1) is 25.9. The predicted molar refractivity (Wildman–Crippen MR) is 158 cm³/mol. The number of benzene rings is 1. The van der Waals surface area contributed by atoms with E-state index in [1.807, 2.05) is 37.4 Å². The molecule has 0 aliphatic heterocycles. The highest BCUT2D eigenvalue weighted by molar-refractivity contribution is 6.00. The summed E-state index contributed by atoms with van der Waals surface area (Å²) in [7, 11) is 0. The highest BCUT2D eigenvalue weighted by atomic mass is 19.1. The highest BCUT2D eigenvalue weighted by Gasteiger charge is 2.16. The molecule has 0 bridgehead atoms. The molecule has 3 N–H and O–H groups in total. The van der Waals surface area contributed by atoms with Gasteiger partial charge in [-0.15, -0.1) is 0 Å². The Morgan fingerprint density at radius 2 is 1.92 bits per heavy atom. The lowest BCUT2D eigenvalue weighted by Gasteiger charge is -2.13. The number of H-pyrrole nitrogens is 2. The first-order valence-electron chi connectivity index (χ1n) is 12.9. The van der Waals surface area contributed by atoms with Crippen LogP contribution in [-0.4, -0.2) is 25.1 Å². The lowest BCUT2D eigenvalue weighted by atomic mass is 10.0. The van der Waals surface area contributed by atoms with Crippen LogP contribution in [0.4, 0.5) is 4.39 Å². The Hall–Kier alpha value is -4.78. The van der Waals surface area contributed by atoms with Crippen LogP contribution in [0.25, 0.3) is 50.0 Å². The van der Waals surface area contributed by atoms with Gasteiger partial charge in [-0.05, 0) is 55.2 Å². The molecule has 1 aromatic carbocycles. The molecule has 0 saturated carbocycles. The Kier molecular flexibility index (Phi) is 7.23. The van der Waals surface area contributed by atoms with Crippen molar-refractivity contribution in [2.45, 2.75) is 27.2 Å². The SMILES string of the molecule is C=C/C(=C\C(=C/C)c1cnc2n[nH]c(-c3cc4c(-c5ccccc5F)cncc4[nH]3)c2c1)NC(=C)CC(C)C. The fourth-order valence-electron chi connectivity index (χ4n) is 4.74. The van der Waals surface area contributed by atoms with Crippen LogP contribution >= 0.6 is 0 Å². The van der Waals surface area contributed by atoms with Gasteiger partial charge >= 0.3 is 0 Å². The van der Waals surface area contributed by atoms with Crippen LogP contribution < -0.4 is 5.32 Å². The summed E-state index contributed by atoms with van der Waals surface area (Å²) >= 11 is 0. The number of rotatable bonds is 9. The fraction of sp³-hybridized carbons (Fsp3) is 0.156. The van der Waals surface area contributed by atoms with Crippen LogP contribution in [0.3, 0.4) is 0 Å². The highest BCUT2D eigenvalue weighted by Crippen LogP contribution is 2.34. The Morgan fingerprint density at radius 3 is 2.67 bits per heavy atom. The Morgan fingerprint density at radius 1 is 1.10 bits per heavy atom. The molecule has 0 aliphatic carbocycles. The van der Waals surface area contributed by atoms with Gasteiger partial charge < -0.3 is 10.3 Å². The average molecular weight is 519 g/mol. The number of aromatic amines is 2. The summed E-state index contributed by atoms with van der Waals surface area (Å²) in [5.74, 6) is 0.218. The van der Waals surface area contributed by atoms with Crippen molar-refractivity contribution in [3.8, 4) is 22.5 Å². The van der Waals surface area contributed by atoms with Crippen LogP contribution in [0, 0.1) is 11.7 Å². The topological polar surface area (TPSA) is 82.3 Å². The summed E-state index contributed by atoms with van der Waals surface area (Å²) in [6.07, 6.45) is 12.0. The maximum absolute atomic E-state index is 14.6. The second kappa shape index (κ2) is 10.9. The largest absolute Gasteiger partial charge is 0.359 e. The summed E-state index contributed by atoms with van der Waals surface area (Å²) in [5.41, 5.74) is 7.98. The summed E-state index contributed by atoms with van der Waals surface area (Å²) in [4.78, 5) is 12.4. The molecule has 0 saturated heterocycles. The minimum absolute atomic E-state index is 0.288. The van der Waals surface area contributed by atoms with Gasteiger partial charge in [-0.2, -0.15) is 5.10 Å².